The fourth-order valence-electron chi connectivity index (χ4n) is 8.45. The largest absolute Gasteiger partial charge is 0.311 e. The lowest BCUT2D eigenvalue weighted by Crippen LogP contribution is -2.11. The molecule has 8 aromatic carbocycles. The third-order valence-corrected chi connectivity index (χ3v) is 11.2. The van der Waals surface area contributed by atoms with E-state index in [-0.39, 0.29) is 5.92 Å². The summed E-state index contributed by atoms with van der Waals surface area (Å²) in [4.78, 5) is 2.36. The van der Waals surface area contributed by atoms with Gasteiger partial charge in [0.2, 0.25) is 0 Å². The quantitative estimate of drug-likeness (QED) is 0.152. The summed E-state index contributed by atoms with van der Waals surface area (Å²) in [7, 11) is 0. The molecule has 0 bridgehead atoms. The molecule has 56 heavy (non-hydrogen) atoms. The van der Waals surface area contributed by atoms with E-state index in [9.17, 15) is 0 Å². The predicted octanol–water partition coefficient (Wildman–Crippen LogP) is 14.8. The Morgan fingerprint density at radius 2 is 0.768 bits per heavy atom. The summed E-state index contributed by atoms with van der Waals surface area (Å²) < 4.78 is 0. The van der Waals surface area contributed by atoms with Crippen molar-refractivity contribution in [3.8, 4) is 33.4 Å². The molecule has 0 N–H and O–H groups in total. The van der Waals surface area contributed by atoms with E-state index in [1.54, 1.807) is 0 Å². The highest BCUT2D eigenvalue weighted by Gasteiger charge is 2.33. The lowest BCUT2D eigenvalue weighted by atomic mass is 9.74. The molecule has 1 atom stereocenters. The normalized spacial score (nSPS) is 14.2. The minimum atomic E-state index is 0.175. The van der Waals surface area contributed by atoms with Crippen molar-refractivity contribution >= 4 is 39.9 Å². The Kier molecular flexibility index (Phi) is 8.67. The molecular weight excluding hydrogens is 675 g/mol. The van der Waals surface area contributed by atoms with Crippen LogP contribution >= 0.6 is 0 Å². The zero-order valence-electron chi connectivity index (χ0n) is 31.0. The molecule has 0 saturated heterocycles. The first-order chi connectivity index (χ1) is 27.8. The van der Waals surface area contributed by atoms with Gasteiger partial charge in [0, 0.05) is 23.0 Å². The van der Waals surface area contributed by atoms with E-state index in [1.165, 1.54) is 72.4 Å². The Bertz CT molecular complexity index is 2640. The second kappa shape index (κ2) is 14.5. The third-order valence-electron chi connectivity index (χ3n) is 11.2. The molecular formula is C55H39N. The molecule has 1 nitrogen and oxygen atoms in total. The number of fused-ring (bicyclic) bond motifs is 3. The van der Waals surface area contributed by atoms with Crippen LogP contribution in [-0.2, 0) is 0 Å². The van der Waals surface area contributed by atoms with Gasteiger partial charge >= 0.3 is 0 Å². The monoisotopic (exact) mass is 713 g/mol. The Hall–Kier alpha value is -7.22. The van der Waals surface area contributed by atoms with Gasteiger partial charge in [-0.3, -0.25) is 0 Å². The topological polar surface area (TPSA) is 3.24 Å². The van der Waals surface area contributed by atoms with Crippen molar-refractivity contribution in [2.75, 3.05) is 4.90 Å². The van der Waals surface area contributed by atoms with Crippen LogP contribution < -0.4 is 4.90 Å². The molecule has 0 radical (unpaired) electrons. The molecule has 10 rings (SSSR count). The zero-order chi connectivity index (χ0) is 37.3. The molecule has 264 valence electrons. The van der Waals surface area contributed by atoms with Crippen LogP contribution in [0.25, 0.3) is 56.2 Å². The van der Waals surface area contributed by atoms with Gasteiger partial charge < -0.3 is 4.90 Å². The van der Waals surface area contributed by atoms with Crippen LogP contribution in [-0.4, -0.2) is 0 Å². The van der Waals surface area contributed by atoms with Crippen LogP contribution in [0.2, 0.25) is 0 Å². The zero-order valence-corrected chi connectivity index (χ0v) is 31.0. The second-order valence-corrected chi connectivity index (χ2v) is 14.5. The van der Waals surface area contributed by atoms with Gasteiger partial charge in [0.25, 0.3) is 0 Å². The predicted molar refractivity (Wildman–Crippen MR) is 238 cm³/mol. The second-order valence-electron chi connectivity index (χ2n) is 14.5. The van der Waals surface area contributed by atoms with Crippen molar-refractivity contribution in [3.05, 3.63) is 247 Å². The highest BCUT2D eigenvalue weighted by molar-refractivity contribution is 6.13. The van der Waals surface area contributed by atoms with Crippen LogP contribution in [0.5, 0.6) is 0 Å². The van der Waals surface area contributed by atoms with Gasteiger partial charge in [-0.25, -0.2) is 0 Å². The van der Waals surface area contributed by atoms with Gasteiger partial charge in [0.05, 0.1) is 0 Å². The molecule has 1 unspecified atom stereocenters. The minimum Gasteiger partial charge on any atom is -0.311 e. The van der Waals surface area contributed by atoms with Gasteiger partial charge in [-0.15, -0.1) is 0 Å². The highest BCUT2D eigenvalue weighted by Crippen LogP contribution is 2.52. The van der Waals surface area contributed by atoms with Crippen molar-refractivity contribution in [2.45, 2.75) is 0 Å². The summed E-state index contributed by atoms with van der Waals surface area (Å²) in [5.74, 6) is 0.175. The summed E-state index contributed by atoms with van der Waals surface area (Å²) in [6.07, 6.45) is 7.14. The Labute approximate surface area is 329 Å². The van der Waals surface area contributed by atoms with Gasteiger partial charge in [-0.1, -0.05) is 188 Å². The minimum absolute atomic E-state index is 0.175. The Morgan fingerprint density at radius 3 is 1.27 bits per heavy atom. The molecule has 2 aliphatic rings. The molecule has 2 aliphatic carbocycles. The summed E-state index contributed by atoms with van der Waals surface area (Å²) in [5, 5.41) is 0. The summed E-state index contributed by atoms with van der Waals surface area (Å²) in [6, 6.07) is 76.6. The maximum Gasteiger partial charge on any atom is 0.0462 e. The maximum atomic E-state index is 2.41. The van der Waals surface area contributed by atoms with E-state index in [0.717, 1.165) is 17.1 Å². The molecule has 0 aliphatic heterocycles. The van der Waals surface area contributed by atoms with Crippen molar-refractivity contribution < 1.29 is 0 Å². The number of anilines is 3. The molecule has 0 saturated carbocycles. The van der Waals surface area contributed by atoms with Crippen molar-refractivity contribution in [2.24, 2.45) is 5.92 Å². The van der Waals surface area contributed by atoms with Crippen molar-refractivity contribution in [1.29, 1.82) is 0 Å². The third kappa shape index (κ3) is 6.20. The molecule has 0 heterocycles. The summed E-state index contributed by atoms with van der Waals surface area (Å²) in [5.41, 5.74) is 19.7. The summed E-state index contributed by atoms with van der Waals surface area (Å²) >= 11 is 0. The van der Waals surface area contributed by atoms with Crippen LogP contribution in [0.4, 0.5) is 17.1 Å². The molecule has 1 heteroatoms. The van der Waals surface area contributed by atoms with Crippen LogP contribution in [0.1, 0.15) is 22.3 Å². The first-order valence-corrected chi connectivity index (χ1v) is 19.4. The summed E-state index contributed by atoms with van der Waals surface area (Å²) in [6.45, 7) is 0. The molecule has 0 aromatic heterocycles. The van der Waals surface area contributed by atoms with E-state index < -0.39 is 0 Å². The highest BCUT2D eigenvalue weighted by atomic mass is 15.1. The van der Waals surface area contributed by atoms with Gasteiger partial charge in [-0.05, 0) is 115 Å². The lowest BCUT2D eigenvalue weighted by Gasteiger charge is -2.29. The number of hydrogen-bond donors (Lipinski definition) is 0. The van der Waals surface area contributed by atoms with Gasteiger partial charge in [0.15, 0.2) is 0 Å². The first-order valence-electron chi connectivity index (χ1n) is 19.4. The fourth-order valence-corrected chi connectivity index (χ4v) is 8.45. The van der Waals surface area contributed by atoms with Crippen LogP contribution in [0, 0.1) is 5.92 Å². The number of rotatable bonds is 8. The van der Waals surface area contributed by atoms with E-state index in [4.69, 9.17) is 0 Å². The Morgan fingerprint density at radius 1 is 0.339 bits per heavy atom. The molecule has 0 spiro atoms. The van der Waals surface area contributed by atoms with Gasteiger partial charge in [0.1, 0.15) is 0 Å². The van der Waals surface area contributed by atoms with Gasteiger partial charge in [-0.2, -0.15) is 0 Å². The fraction of sp³-hybridized carbons (Fsp3) is 0.0182. The van der Waals surface area contributed by atoms with Crippen molar-refractivity contribution in [1.82, 2.24) is 0 Å². The SMILES string of the molecule is C1=CC2C(c3ccccc3)=Cc3cccc(-c4ccc(N(c5ccc(-c6ccccc6)cc5)c5ccc(-c6ccccc6)cc5)cc4)c3C2=C1c1ccccc1. The van der Waals surface area contributed by atoms with Crippen LogP contribution in [0.3, 0.4) is 0 Å². The van der Waals surface area contributed by atoms with E-state index in [2.05, 4.69) is 235 Å². The molecule has 0 fully saturated rings. The van der Waals surface area contributed by atoms with E-state index in [1.807, 2.05) is 0 Å². The first kappa shape index (κ1) is 33.4. The lowest BCUT2D eigenvalue weighted by molar-refractivity contribution is 1.13. The maximum absolute atomic E-state index is 2.41. The Balaban J connectivity index is 1.07. The molecule has 0 amide bonds. The molecule has 8 aromatic rings. The number of hydrogen-bond acceptors (Lipinski definition) is 1. The number of nitrogens with zero attached hydrogens (tertiary/aromatic N) is 1. The average molecular weight is 714 g/mol. The van der Waals surface area contributed by atoms with Crippen molar-refractivity contribution in [3.63, 3.8) is 0 Å². The smallest absolute Gasteiger partial charge is 0.0462 e. The van der Waals surface area contributed by atoms with Crippen LogP contribution in [0.15, 0.2) is 224 Å². The standard InChI is InChI=1S/C55H39N/c1-5-14-39(15-6-1)41-24-30-47(31-25-41)56(48-32-26-42(27-33-48)40-16-7-2-8-17-40)49-34-28-45(29-35-49)50-23-13-22-46-38-53(44-20-11-4-12-21-44)52-37-36-51(55(52)54(46)50)43-18-9-3-10-19-43/h1-38,52H. The number of allylic oxidation sites excluding steroid dienone is 5. The number of benzene rings is 8. The van der Waals surface area contributed by atoms with E-state index >= 15 is 0 Å². The van der Waals surface area contributed by atoms with E-state index in [0.29, 0.717) is 0 Å². The average Bonchev–Trinajstić information content (AvgIpc) is 3.74.